The van der Waals surface area contributed by atoms with Crippen molar-refractivity contribution < 1.29 is 19.2 Å². The van der Waals surface area contributed by atoms with Crippen LogP contribution in [0.4, 0.5) is 0 Å². The topological polar surface area (TPSA) is 144 Å². The van der Waals surface area contributed by atoms with E-state index in [0.29, 0.717) is 25.7 Å². The number of hydrogen-bond acceptors (Lipinski definition) is 6. The van der Waals surface area contributed by atoms with Crippen LogP contribution in [-0.4, -0.2) is 48.6 Å². The Balaban J connectivity index is 1.06. The molecule has 4 rings (SSSR count). The molecule has 2 aliphatic carbocycles. The fraction of sp³-hybridized carbons (Fsp3) is 0.478. The van der Waals surface area contributed by atoms with Gasteiger partial charge in [0.2, 0.25) is 11.8 Å². The lowest BCUT2D eigenvalue weighted by Crippen LogP contribution is -2.52. The van der Waals surface area contributed by atoms with Gasteiger partial charge in [-0.15, -0.1) is 0 Å². The van der Waals surface area contributed by atoms with E-state index in [1.165, 1.54) is 51.4 Å². The molecule has 0 heterocycles. The number of Topliss-reactive ketones (excluding diaryl/α,β-unsaturated/α-hetero) is 2. The Morgan fingerprint density at radius 2 is 0.833 bits per heavy atom. The number of carbonyl (C=O) groups is 4. The van der Waals surface area contributed by atoms with Gasteiger partial charge >= 0.3 is 0 Å². The molecule has 8 nitrogen and oxygen atoms in total. The quantitative estimate of drug-likeness (QED) is 0.0566. The van der Waals surface area contributed by atoms with Gasteiger partial charge in [0.15, 0.2) is 11.6 Å². The highest BCUT2D eigenvalue weighted by Crippen LogP contribution is 2.32. The van der Waals surface area contributed by atoms with Crippen molar-refractivity contribution in [1.29, 1.82) is 0 Å². The van der Waals surface area contributed by atoms with Crippen LogP contribution in [0.25, 0.3) is 0 Å². The van der Waals surface area contributed by atoms with Gasteiger partial charge < -0.3 is 22.1 Å². The third kappa shape index (κ3) is 12.6. The summed E-state index contributed by atoms with van der Waals surface area (Å²) in [5.41, 5.74) is 11.1. The van der Waals surface area contributed by atoms with E-state index in [2.05, 4.69) is 10.6 Å². The van der Waals surface area contributed by atoms with Gasteiger partial charge in [0.05, 0.1) is 12.1 Å². The monoisotopic (exact) mass is 734 g/mol. The molecule has 2 aromatic rings. The van der Waals surface area contributed by atoms with Gasteiger partial charge in [-0.3, -0.25) is 19.2 Å². The number of nitrogens with two attached hydrogens (primary N) is 2. The van der Waals surface area contributed by atoms with E-state index < -0.39 is 34.7 Å². The molecule has 4 atom stereocenters. The van der Waals surface area contributed by atoms with E-state index in [1.807, 2.05) is 85.0 Å². The molecule has 0 fully saturated rings. The molecule has 290 valence electrons. The average Bonchev–Trinajstić information content (AvgIpc) is 3.20. The van der Waals surface area contributed by atoms with E-state index in [-0.39, 0.29) is 11.6 Å². The summed E-state index contributed by atoms with van der Waals surface area (Å²) in [5, 5.41) is 6.94. The van der Waals surface area contributed by atoms with Crippen molar-refractivity contribution in [2.45, 2.75) is 115 Å². The number of ketones is 2. The van der Waals surface area contributed by atoms with Gasteiger partial charge in [-0.1, -0.05) is 173 Å². The minimum Gasteiger partial charge on any atom is -0.369 e. The average molecular weight is 735 g/mol. The SMILES string of the molecule is NC(=O)C1(C(=O)[C@H](Cc2ccccc2)NCCCCCCCCCCCCCCN[C@@H](Cc2ccccc2)C(=O)C2(C(N)=O)C=CC=CC2)C=CC=CC1. The highest BCUT2D eigenvalue weighted by Gasteiger charge is 2.45. The maximum atomic E-state index is 13.7. The third-order valence-corrected chi connectivity index (χ3v) is 11.0. The van der Waals surface area contributed by atoms with Crippen molar-refractivity contribution in [3.63, 3.8) is 0 Å². The number of nitrogens with one attached hydrogen (secondary N) is 2. The predicted molar refractivity (Wildman–Crippen MR) is 218 cm³/mol. The van der Waals surface area contributed by atoms with Gasteiger partial charge in [0, 0.05) is 0 Å². The first-order chi connectivity index (χ1) is 26.3. The lowest BCUT2D eigenvalue weighted by atomic mass is 9.73. The molecule has 0 aliphatic heterocycles. The highest BCUT2D eigenvalue weighted by atomic mass is 16.2. The molecule has 2 aliphatic rings. The molecule has 0 aromatic heterocycles. The fourth-order valence-corrected chi connectivity index (χ4v) is 7.62. The molecule has 8 heteroatoms. The van der Waals surface area contributed by atoms with E-state index in [4.69, 9.17) is 11.5 Å². The van der Waals surface area contributed by atoms with Gasteiger partial charge in [0.1, 0.15) is 10.8 Å². The van der Waals surface area contributed by atoms with Gasteiger partial charge in [-0.2, -0.15) is 0 Å². The van der Waals surface area contributed by atoms with Crippen LogP contribution in [0, 0.1) is 10.8 Å². The van der Waals surface area contributed by atoms with Gasteiger partial charge in [0.25, 0.3) is 0 Å². The molecular weight excluding hydrogens is 673 g/mol. The largest absolute Gasteiger partial charge is 0.369 e. The van der Waals surface area contributed by atoms with Crippen LogP contribution < -0.4 is 22.1 Å². The second-order valence-corrected chi connectivity index (χ2v) is 15.0. The number of benzene rings is 2. The zero-order valence-corrected chi connectivity index (χ0v) is 32.1. The molecule has 2 amide bonds. The zero-order valence-electron chi connectivity index (χ0n) is 32.1. The Kier molecular flexibility index (Phi) is 17.8. The second-order valence-electron chi connectivity index (χ2n) is 15.0. The Morgan fingerprint density at radius 1 is 0.500 bits per heavy atom. The van der Waals surface area contributed by atoms with Crippen molar-refractivity contribution >= 4 is 23.4 Å². The van der Waals surface area contributed by atoms with Crippen molar-refractivity contribution in [2.24, 2.45) is 22.3 Å². The van der Waals surface area contributed by atoms with Crippen LogP contribution in [0.15, 0.2) is 109 Å². The van der Waals surface area contributed by atoms with Crippen LogP contribution in [0.5, 0.6) is 0 Å². The summed E-state index contributed by atoms with van der Waals surface area (Å²) in [5.74, 6) is -1.49. The van der Waals surface area contributed by atoms with Crippen LogP contribution in [0.1, 0.15) is 101 Å². The molecule has 54 heavy (non-hydrogen) atoms. The first kappa shape index (κ1) is 42.3. The van der Waals surface area contributed by atoms with Crippen molar-refractivity contribution in [3.05, 3.63) is 120 Å². The van der Waals surface area contributed by atoms with Crippen LogP contribution in [-0.2, 0) is 32.0 Å². The summed E-state index contributed by atoms with van der Waals surface area (Å²) in [6.45, 7) is 1.44. The van der Waals surface area contributed by atoms with Crippen LogP contribution in [0.2, 0.25) is 0 Å². The molecule has 0 radical (unpaired) electrons. The normalized spacial score (nSPS) is 20.1. The smallest absolute Gasteiger partial charge is 0.235 e. The lowest BCUT2D eigenvalue weighted by molar-refractivity contribution is -0.139. The lowest BCUT2D eigenvalue weighted by Gasteiger charge is -2.31. The fourth-order valence-electron chi connectivity index (χ4n) is 7.62. The van der Waals surface area contributed by atoms with E-state index >= 15 is 0 Å². The standard InChI is InChI=1S/C46H62N4O4/c47-43(53)45(29-19-13-20-30-45)41(51)39(35-37-25-15-11-16-26-37)49-33-23-9-7-5-3-1-2-4-6-8-10-24-34-50-40(36-38-27-17-12-18-28-38)42(52)46(44(48)54)31-21-14-22-32-46/h11-22,25-29,31,39-40,49-50H,1-10,23-24,30,32-36H2,(H2,47,53)(H2,48,54)/t39-,40-,45?,46?/m0/s1. The summed E-state index contributed by atoms with van der Waals surface area (Å²) in [6, 6.07) is 18.9. The van der Waals surface area contributed by atoms with Crippen molar-refractivity contribution in [2.75, 3.05) is 13.1 Å². The first-order valence-electron chi connectivity index (χ1n) is 20.2. The van der Waals surface area contributed by atoms with Crippen molar-refractivity contribution in [1.82, 2.24) is 10.6 Å². The second kappa shape index (κ2) is 22.7. The summed E-state index contributed by atoms with van der Waals surface area (Å²) in [4.78, 5) is 52.5. The number of allylic oxidation sites excluding steroid dienone is 6. The Morgan fingerprint density at radius 3 is 1.13 bits per heavy atom. The Labute approximate surface area is 323 Å². The number of carbonyl (C=O) groups excluding carboxylic acids is 4. The molecule has 2 aromatic carbocycles. The summed E-state index contributed by atoms with van der Waals surface area (Å²) >= 11 is 0. The maximum absolute atomic E-state index is 13.7. The summed E-state index contributed by atoms with van der Waals surface area (Å²) in [7, 11) is 0. The number of amides is 2. The first-order valence-corrected chi connectivity index (χ1v) is 20.2. The Bertz CT molecular complexity index is 1480. The molecule has 6 N–H and O–H groups in total. The van der Waals surface area contributed by atoms with E-state index in [1.54, 1.807) is 24.3 Å². The number of rotatable bonds is 27. The Hall–Kier alpha value is -4.40. The van der Waals surface area contributed by atoms with Gasteiger partial charge in [-0.25, -0.2) is 0 Å². The highest BCUT2D eigenvalue weighted by molar-refractivity contribution is 6.11. The molecule has 0 saturated carbocycles. The van der Waals surface area contributed by atoms with Crippen molar-refractivity contribution in [3.8, 4) is 0 Å². The van der Waals surface area contributed by atoms with E-state index in [0.717, 1.165) is 49.9 Å². The molecule has 0 bridgehead atoms. The maximum Gasteiger partial charge on any atom is 0.235 e. The summed E-state index contributed by atoms with van der Waals surface area (Å²) < 4.78 is 0. The third-order valence-electron chi connectivity index (χ3n) is 11.0. The molecule has 0 spiro atoms. The van der Waals surface area contributed by atoms with E-state index in [9.17, 15) is 19.2 Å². The predicted octanol–water partition coefficient (Wildman–Crippen LogP) is 7.18. The summed E-state index contributed by atoms with van der Waals surface area (Å²) in [6.07, 6.45) is 29.8. The number of unbranched alkanes of at least 4 members (excludes halogenated alkanes) is 11. The molecule has 2 unspecified atom stereocenters. The van der Waals surface area contributed by atoms with Gasteiger partial charge in [-0.05, 0) is 62.7 Å². The molecule has 0 saturated heterocycles. The van der Waals surface area contributed by atoms with Crippen LogP contribution >= 0.6 is 0 Å². The minimum absolute atomic E-state index is 0.152. The molecular formula is C46H62N4O4. The van der Waals surface area contributed by atoms with Crippen LogP contribution in [0.3, 0.4) is 0 Å². The minimum atomic E-state index is -1.30. The number of primary amides is 2. The zero-order chi connectivity index (χ0) is 38.5. The number of hydrogen-bond donors (Lipinski definition) is 4.